The van der Waals surface area contributed by atoms with E-state index in [0.717, 1.165) is 38.5 Å². The summed E-state index contributed by atoms with van der Waals surface area (Å²) in [6.45, 7) is 11.4. The minimum Gasteiger partial charge on any atom is -0.402 e. The van der Waals surface area contributed by atoms with Crippen LogP contribution < -0.4 is 16.4 Å². The van der Waals surface area contributed by atoms with E-state index in [9.17, 15) is 14.4 Å². The summed E-state index contributed by atoms with van der Waals surface area (Å²) < 4.78 is 13.8. The van der Waals surface area contributed by atoms with Gasteiger partial charge in [0.15, 0.2) is 0 Å². The van der Waals surface area contributed by atoms with Gasteiger partial charge in [0.2, 0.25) is 5.91 Å². The fourth-order valence-corrected chi connectivity index (χ4v) is 7.06. The second-order valence-corrected chi connectivity index (χ2v) is 13.6. The summed E-state index contributed by atoms with van der Waals surface area (Å²) in [7, 11) is 1.84. The van der Waals surface area contributed by atoms with Gasteiger partial charge in [0, 0.05) is 25.2 Å². The average Bonchev–Trinajstić information content (AvgIpc) is 3.27. The van der Waals surface area contributed by atoms with Gasteiger partial charge in [-0.05, 0) is 75.9 Å². The molecule has 12 heteroatoms. The Kier molecular flexibility index (Phi) is 12.5. The first kappa shape index (κ1) is 34.6. The molecule has 0 spiro atoms. The molecule has 2 heterocycles. The summed E-state index contributed by atoms with van der Waals surface area (Å²) in [5.74, 6) is -0.730. The Hall–Kier alpha value is -1.94. The monoisotopic (exact) mass is 603 g/mol. The van der Waals surface area contributed by atoms with Crippen molar-refractivity contribution in [2.45, 2.75) is 122 Å². The number of nitrogens with one attached hydrogen (secondary N) is 2. The van der Waals surface area contributed by atoms with Crippen LogP contribution in [-0.4, -0.2) is 70.6 Å². The molecule has 10 nitrogen and oxygen atoms in total. The Morgan fingerprint density at radius 3 is 2.48 bits per heavy atom. The van der Waals surface area contributed by atoms with E-state index in [2.05, 4.69) is 64.5 Å². The van der Waals surface area contributed by atoms with Gasteiger partial charge in [0.05, 0.1) is 23.3 Å². The third kappa shape index (κ3) is 8.16. The Bertz CT molecular complexity index is 1060. The molecule has 1 aliphatic heterocycles. The number of carbonyl (C=O) groups excluding carboxylic acids is 3. The Morgan fingerprint density at radius 1 is 1.07 bits per heavy atom. The van der Waals surface area contributed by atoms with Crippen molar-refractivity contribution in [2.24, 2.45) is 17.1 Å². The van der Waals surface area contributed by atoms with Crippen molar-refractivity contribution in [1.29, 1.82) is 0 Å². The van der Waals surface area contributed by atoms with Gasteiger partial charge < -0.3 is 25.7 Å². The summed E-state index contributed by atoms with van der Waals surface area (Å²) in [6.07, 6.45) is 12.3. The number of hydrogen-bond acceptors (Lipinski definition) is 8. The fourth-order valence-electron chi connectivity index (χ4n) is 6.72. The van der Waals surface area contributed by atoms with Crippen LogP contribution >= 0.6 is 9.24 Å². The molecule has 42 heavy (non-hydrogen) atoms. The lowest BCUT2D eigenvalue weighted by molar-refractivity contribution is -0.154. The Balaban J connectivity index is 1.78. The number of nitrogens with two attached hydrogens (primary N) is 1. The first-order valence-corrected chi connectivity index (χ1v) is 16.3. The van der Waals surface area contributed by atoms with Gasteiger partial charge in [0.25, 0.3) is 5.91 Å². The van der Waals surface area contributed by atoms with E-state index in [-0.39, 0.29) is 28.7 Å². The number of Topliss-reactive ketones (excluding diaryl/α,β-unsaturated/α-hetero) is 1. The van der Waals surface area contributed by atoms with E-state index < -0.39 is 36.2 Å². The zero-order valence-electron chi connectivity index (χ0n) is 26.1. The molecular formula is C30H51BN5O5P. The molecule has 234 valence electrons. The van der Waals surface area contributed by atoms with Crippen molar-refractivity contribution < 1.29 is 23.7 Å². The normalized spacial score (nSPS) is 24.6. The van der Waals surface area contributed by atoms with Crippen LogP contribution in [0.1, 0.15) is 109 Å². The smallest absolute Gasteiger partial charge is 0.402 e. The van der Waals surface area contributed by atoms with E-state index in [1.807, 2.05) is 0 Å². The van der Waals surface area contributed by atoms with Crippen LogP contribution in [0.15, 0.2) is 18.6 Å². The summed E-state index contributed by atoms with van der Waals surface area (Å²) in [5.41, 5.74) is 4.25. The van der Waals surface area contributed by atoms with Gasteiger partial charge >= 0.3 is 7.12 Å². The minimum absolute atomic E-state index is 0.144. The van der Waals surface area contributed by atoms with Crippen molar-refractivity contribution in [1.82, 2.24) is 20.6 Å². The van der Waals surface area contributed by atoms with Crippen molar-refractivity contribution in [3.8, 4) is 0 Å². The highest BCUT2D eigenvalue weighted by atomic mass is 31.0. The number of nitrogens with zero attached hydrogens (tertiary/aromatic N) is 2. The zero-order valence-corrected chi connectivity index (χ0v) is 27.3. The molecule has 1 saturated carbocycles. The third-order valence-corrected chi connectivity index (χ3v) is 9.52. The van der Waals surface area contributed by atoms with Gasteiger partial charge in [-0.1, -0.05) is 34.1 Å². The molecule has 2 fully saturated rings. The van der Waals surface area contributed by atoms with Gasteiger partial charge in [-0.2, -0.15) is 0 Å². The SMILES string of the molecule is CC(C)C[C@H](NC(=O)[C@H](CP)NC(=O)c1cnccn1)B1OC2(C)CCCC(C)(C)C2(CCC(=O)CCCCCN)O1. The summed E-state index contributed by atoms with van der Waals surface area (Å²) in [4.78, 5) is 47.1. The number of carbonyl (C=O) groups is 3. The molecule has 1 aliphatic carbocycles. The number of aromatic nitrogens is 2. The van der Waals surface area contributed by atoms with Crippen molar-refractivity contribution >= 4 is 34.0 Å². The molecule has 2 aliphatic rings. The second kappa shape index (κ2) is 15.2. The largest absolute Gasteiger partial charge is 0.481 e. The van der Waals surface area contributed by atoms with Crippen LogP contribution in [0.3, 0.4) is 0 Å². The number of amides is 2. The van der Waals surface area contributed by atoms with Crippen LogP contribution in [-0.2, 0) is 18.9 Å². The van der Waals surface area contributed by atoms with E-state index in [1.165, 1.54) is 18.6 Å². The van der Waals surface area contributed by atoms with E-state index >= 15 is 0 Å². The number of ketones is 1. The molecule has 3 unspecified atom stereocenters. The molecule has 1 aromatic rings. The highest BCUT2D eigenvalue weighted by Crippen LogP contribution is 2.59. The van der Waals surface area contributed by atoms with Crippen LogP contribution in [0.2, 0.25) is 0 Å². The molecule has 0 aromatic carbocycles. The molecular weight excluding hydrogens is 552 g/mol. The molecule has 1 aromatic heterocycles. The molecule has 0 radical (unpaired) electrons. The highest BCUT2D eigenvalue weighted by molar-refractivity contribution is 7.16. The van der Waals surface area contributed by atoms with Gasteiger partial charge in [-0.3, -0.25) is 19.4 Å². The van der Waals surface area contributed by atoms with E-state index in [1.54, 1.807) is 0 Å². The maximum Gasteiger partial charge on any atom is 0.481 e. The summed E-state index contributed by atoms with van der Waals surface area (Å²) in [6, 6.07) is -0.791. The quantitative estimate of drug-likeness (QED) is 0.148. The minimum atomic E-state index is -0.791. The fraction of sp³-hybridized carbons (Fsp3) is 0.767. The molecule has 4 N–H and O–H groups in total. The number of fused-ring (bicyclic) bond motifs is 1. The van der Waals surface area contributed by atoms with Gasteiger partial charge in [-0.15, -0.1) is 9.24 Å². The molecule has 2 amide bonds. The maximum atomic E-state index is 13.5. The predicted molar refractivity (Wildman–Crippen MR) is 168 cm³/mol. The Labute approximate surface area is 254 Å². The predicted octanol–water partition coefficient (Wildman–Crippen LogP) is 3.63. The Morgan fingerprint density at radius 2 is 1.83 bits per heavy atom. The first-order valence-electron chi connectivity index (χ1n) is 15.5. The van der Waals surface area contributed by atoms with Crippen molar-refractivity contribution in [2.75, 3.05) is 12.7 Å². The lowest BCUT2D eigenvalue weighted by Gasteiger charge is -2.56. The van der Waals surface area contributed by atoms with E-state index in [4.69, 9.17) is 15.0 Å². The van der Waals surface area contributed by atoms with Crippen LogP contribution in [0, 0.1) is 11.3 Å². The van der Waals surface area contributed by atoms with Gasteiger partial charge in [0.1, 0.15) is 17.5 Å². The van der Waals surface area contributed by atoms with Crippen LogP contribution in [0.25, 0.3) is 0 Å². The number of rotatable bonds is 16. The van der Waals surface area contributed by atoms with Crippen LogP contribution in [0.4, 0.5) is 0 Å². The average molecular weight is 604 g/mol. The van der Waals surface area contributed by atoms with Crippen molar-refractivity contribution in [3.05, 3.63) is 24.3 Å². The van der Waals surface area contributed by atoms with Crippen LogP contribution in [0.5, 0.6) is 0 Å². The lowest BCUT2D eigenvalue weighted by Crippen LogP contribution is -2.61. The third-order valence-electron chi connectivity index (χ3n) is 9.05. The van der Waals surface area contributed by atoms with Crippen molar-refractivity contribution in [3.63, 3.8) is 0 Å². The lowest BCUT2D eigenvalue weighted by atomic mass is 9.57. The zero-order chi connectivity index (χ0) is 31.0. The molecule has 5 atom stereocenters. The molecule has 0 bridgehead atoms. The summed E-state index contributed by atoms with van der Waals surface area (Å²) in [5, 5.41) is 5.91. The van der Waals surface area contributed by atoms with Gasteiger partial charge in [-0.25, -0.2) is 4.98 Å². The topological polar surface area (TPSA) is 146 Å². The number of unbranched alkanes of at least 4 members (excludes halogenated alkanes) is 2. The standard InChI is InChI=1S/C30H51BN5O5P/c1-21(2)18-25(36-27(39)24(20-42)35-26(38)23-19-33-16-17-34-23)31-40-29(5)13-9-12-28(3,4)30(29,41-31)14-11-22(37)10-7-6-8-15-32/h16-17,19,21,24-25H,6-15,18,20,32,42H2,1-5H3,(H,35,38)(H,36,39)/t24-,25-,29?,30?/m0/s1. The van der Waals surface area contributed by atoms with E-state index in [0.29, 0.717) is 38.4 Å². The maximum absolute atomic E-state index is 13.5. The molecule has 3 rings (SSSR count). The molecule has 1 saturated heterocycles. The first-order chi connectivity index (χ1) is 19.9. The number of hydrogen-bond donors (Lipinski definition) is 3. The second-order valence-electron chi connectivity index (χ2n) is 13.1. The summed E-state index contributed by atoms with van der Waals surface area (Å²) >= 11 is 0. The highest BCUT2D eigenvalue weighted by Gasteiger charge is 2.67.